The standard InChI is InChI=1S/C21H23F2N3O2/c1-14-4-3-5-15(2)20(14)24-19(27)13-25-8-10-26(11-9-25)21(28)16-6-7-17(22)18(23)12-16/h3-7,12H,8-11,13H2,1-2H3,(H,24,27). The van der Waals surface area contributed by atoms with E-state index in [4.69, 9.17) is 0 Å². The number of hydrogen-bond donors (Lipinski definition) is 1. The number of piperazine rings is 1. The Morgan fingerprint density at radius 3 is 2.21 bits per heavy atom. The van der Waals surface area contributed by atoms with Crippen LogP contribution in [-0.4, -0.2) is 54.3 Å². The number of halogens is 2. The molecule has 1 fully saturated rings. The molecule has 1 aliphatic rings. The molecule has 2 aromatic rings. The van der Waals surface area contributed by atoms with Crippen LogP contribution in [0.25, 0.3) is 0 Å². The lowest BCUT2D eigenvalue weighted by Crippen LogP contribution is -2.50. The topological polar surface area (TPSA) is 52.7 Å². The third-order valence-electron chi connectivity index (χ3n) is 4.94. The average molecular weight is 387 g/mol. The van der Waals surface area contributed by atoms with Crippen LogP contribution in [-0.2, 0) is 4.79 Å². The van der Waals surface area contributed by atoms with E-state index in [-0.39, 0.29) is 23.9 Å². The zero-order chi connectivity index (χ0) is 20.3. The number of nitrogens with zero attached hydrogens (tertiary/aromatic N) is 2. The normalized spacial score (nSPS) is 14.8. The van der Waals surface area contributed by atoms with E-state index >= 15 is 0 Å². The Kier molecular flexibility index (Phi) is 6.04. The minimum absolute atomic E-state index is 0.0993. The van der Waals surface area contributed by atoms with Crippen molar-refractivity contribution >= 4 is 17.5 Å². The molecule has 0 aromatic heterocycles. The third-order valence-corrected chi connectivity index (χ3v) is 4.94. The van der Waals surface area contributed by atoms with Crippen molar-refractivity contribution in [2.24, 2.45) is 0 Å². The molecule has 1 N–H and O–H groups in total. The van der Waals surface area contributed by atoms with Gasteiger partial charge in [-0.15, -0.1) is 0 Å². The molecule has 5 nitrogen and oxygen atoms in total. The second kappa shape index (κ2) is 8.48. The zero-order valence-corrected chi connectivity index (χ0v) is 16.0. The Morgan fingerprint density at radius 2 is 1.61 bits per heavy atom. The second-order valence-electron chi connectivity index (χ2n) is 7.01. The molecule has 0 saturated carbocycles. The molecule has 0 spiro atoms. The quantitative estimate of drug-likeness (QED) is 0.878. The van der Waals surface area contributed by atoms with Crippen molar-refractivity contribution in [1.82, 2.24) is 9.80 Å². The van der Waals surface area contributed by atoms with Gasteiger partial charge in [-0.25, -0.2) is 8.78 Å². The molecule has 0 atom stereocenters. The number of nitrogens with one attached hydrogen (secondary N) is 1. The van der Waals surface area contributed by atoms with Crippen LogP contribution >= 0.6 is 0 Å². The van der Waals surface area contributed by atoms with Crippen LogP contribution in [0.3, 0.4) is 0 Å². The first-order chi connectivity index (χ1) is 13.3. The minimum atomic E-state index is -1.03. The summed E-state index contributed by atoms with van der Waals surface area (Å²) in [4.78, 5) is 28.4. The highest BCUT2D eigenvalue weighted by atomic mass is 19.2. The van der Waals surface area contributed by atoms with Crippen LogP contribution in [0, 0.1) is 25.5 Å². The number of benzene rings is 2. The monoisotopic (exact) mass is 387 g/mol. The van der Waals surface area contributed by atoms with Crippen molar-refractivity contribution in [3.63, 3.8) is 0 Å². The Morgan fingerprint density at radius 1 is 0.964 bits per heavy atom. The summed E-state index contributed by atoms with van der Waals surface area (Å²) >= 11 is 0. The van der Waals surface area contributed by atoms with Gasteiger partial charge in [-0.1, -0.05) is 18.2 Å². The highest BCUT2D eigenvalue weighted by Gasteiger charge is 2.24. The number of hydrogen-bond acceptors (Lipinski definition) is 3. The van der Waals surface area contributed by atoms with Gasteiger partial charge in [0.1, 0.15) is 0 Å². The smallest absolute Gasteiger partial charge is 0.254 e. The van der Waals surface area contributed by atoms with Crippen LogP contribution in [0.5, 0.6) is 0 Å². The van der Waals surface area contributed by atoms with Crippen molar-refractivity contribution < 1.29 is 18.4 Å². The number of para-hydroxylation sites is 1. The van der Waals surface area contributed by atoms with Gasteiger partial charge in [0.05, 0.1) is 6.54 Å². The van der Waals surface area contributed by atoms with Crippen LogP contribution < -0.4 is 5.32 Å². The predicted molar refractivity (Wildman–Crippen MR) is 103 cm³/mol. The van der Waals surface area contributed by atoms with Crippen LogP contribution in [0.1, 0.15) is 21.5 Å². The summed E-state index contributed by atoms with van der Waals surface area (Å²) in [5.41, 5.74) is 2.98. The maximum Gasteiger partial charge on any atom is 0.254 e. The predicted octanol–water partition coefficient (Wildman–Crippen LogP) is 2.98. The van der Waals surface area contributed by atoms with E-state index in [1.165, 1.54) is 6.07 Å². The summed E-state index contributed by atoms with van der Waals surface area (Å²) in [5, 5.41) is 2.96. The molecule has 1 aliphatic heterocycles. The van der Waals surface area contributed by atoms with Crippen molar-refractivity contribution in [1.29, 1.82) is 0 Å². The number of aryl methyl sites for hydroxylation is 2. The van der Waals surface area contributed by atoms with Crippen molar-refractivity contribution in [2.45, 2.75) is 13.8 Å². The number of carbonyl (C=O) groups is 2. The number of carbonyl (C=O) groups excluding carboxylic acids is 2. The number of anilines is 1. The third kappa shape index (κ3) is 4.54. The van der Waals surface area contributed by atoms with E-state index in [0.717, 1.165) is 28.9 Å². The van der Waals surface area contributed by atoms with Crippen LogP contribution in [0.2, 0.25) is 0 Å². The maximum atomic E-state index is 13.3. The van der Waals surface area contributed by atoms with Gasteiger partial charge in [0.2, 0.25) is 5.91 Å². The average Bonchev–Trinajstić information content (AvgIpc) is 2.67. The van der Waals surface area contributed by atoms with E-state index in [0.29, 0.717) is 26.2 Å². The molecule has 1 heterocycles. The molecule has 3 rings (SSSR count). The molecular weight excluding hydrogens is 364 g/mol. The molecule has 7 heteroatoms. The first-order valence-corrected chi connectivity index (χ1v) is 9.18. The van der Waals surface area contributed by atoms with E-state index in [9.17, 15) is 18.4 Å². The number of amides is 2. The van der Waals surface area contributed by atoms with Gasteiger partial charge in [-0.2, -0.15) is 0 Å². The molecule has 2 amide bonds. The Labute approximate surface area is 162 Å². The molecule has 0 radical (unpaired) electrons. The first-order valence-electron chi connectivity index (χ1n) is 9.18. The maximum absolute atomic E-state index is 13.3. The van der Waals surface area contributed by atoms with Crippen molar-refractivity contribution in [3.8, 4) is 0 Å². The molecular formula is C21H23F2N3O2. The summed E-state index contributed by atoms with van der Waals surface area (Å²) in [6, 6.07) is 9.00. The van der Waals surface area contributed by atoms with Gasteiger partial charge < -0.3 is 10.2 Å². The molecule has 0 bridgehead atoms. The molecule has 148 valence electrons. The van der Waals surface area contributed by atoms with Gasteiger partial charge in [-0.3, -0.25) is 14.5 Å². The summed E-state index contributed by atoms with van der Waals surface area (Å²) < 4.78 is 26.4. The lowest BCUT2D eigenvalue weighted by molar-refractivity contribution is -0.117. The Hall–Kier alpha value is -2.80. The molecule has 0 unspecified atom stereocenters. The molecule has 1 saturated heterocycles. The van der Waals surface area contributed by atoms with E-state index in [1.54, 1.807) is 4.90 Å². The summed E-state index contributed by atoms with van der Waals surface area (Å²) in [5.74, 6) is -2.44. The van der Waals surface area contributed by atoms with Crippen LogP contribution in [0.4, 0.5) is 14.5 Å². The number of rotatable bonds is 4. The molecule has 2 aromatic carbocycles. The highest BCUT2D eigenvalue weighted by Crippen LogP contribution is 2.19. The van der Waals surface area contributed by atoms with Gasteiger partial charge in [0.25, 0.3) is 5.91 Å². The molecule has 0 aliphatic carbocycles. The Balaban J connectivity index is 1.53. The van der Waals surface area contributed by atoms with E-state index in [2.05, 4.69) is 5.32 Å². The SMILES string of the molecule is Cc1cccc(C)c1NC(=O)CN1CCN(C(=O)c2ccc(F)c(F)c2)CC1. The Bertz CT molecular complexity index is 873. The lowest BCUT2D eigenvalue weighted by atomic mass is 10.1. The fourth-order valence-corrected chi connectivity index (χ4v) is 3.31. The largest absolute Gasteiger partial charge is 0.336 e. The van der Waals surface area contributed by atoms with E-state index in [1.807, 2.05) is 36.9 Å². The zero-order valence-electron chi connectivity index (χ0n) is 16.0. The van der Waals surface area contributed by atoms with E-state index < -0.39 is 11.6 Å². The summed E-state index contributed by atoms with van der Waals surface area (Å²) in [6.07, 6.45) is 0. The first kappa shape index (κ1) is 19.9. The summed E-state index contributed by atoms with van der Waals surface area (Å²) in [7, 11) is 0. The van der Waals surface area contributed by atoms with Gasteiger partial charge in [0.15, 0.2) is 11.6 Å². The van der Waals surface area contributed by atoms with Gasteiger partial charge in [-0.05, 0) is 43.2 Å². The van der Waals surface area contributed by atoms with Gasteiger partial charge in [0, 0.05) is 37.4 Å². The van der Waals surface area contributed by atoms with Crippen molar-refractivity contribution in [2.75, 3.05) is 38.0 Å². The highest BCUT2D eigenvalue weighted by molar-refractivity contribution is 5.95. The second-order valence-corrected chi connectivity index (χ2v) is 7.01. The fraction of sp³-hybridized carbons (Fsp3) is 0.333. The lowest BCUT2D eigenvalue weighted by Gasteiger charge is -2.34. The summed E-state index contributed by atoms with van der Waals surface area (Å²) in [6.45, 7) is 6.06. The fourth-order valence-electron chi connectivity index (χ4n) is 3.31. The molecule has 28 heavy (non-hydrogen) atoms. The van der Waals surface area contributed by atoms with Crippen molar-refractivity contribution in [3.05, 3.63) is 64.7 Å². The van der Waals surface area contributed by atoms with Gasteiger partial charge >= 0.3 is 0 Å². The van der Waals surface area contributed by atoms with Crippen LogP contribution in [0.15, 0.2) is 36.4 Å². The minimum Gasteiger partial charge on any atom is -0.336 e.